The van der Waals surface area contributed by atoms with Crippen LogP contribution in [0.25, 0.3) is 0 Å². The summed E-state index contributed by atoms with van der Waals surface area (Å²) in [5.41, 5.74) is -0.524. The highest BCUT2D eigenvalue weighted by molar-refractivity contribution is 6.02. The van der Waals surface area contributed by atoms with Gasteiger partial charge < -0.3 is 25.3 Å². The third-order valence-corrected chi connectivity index (χ3v) is 1.99. The van der Waals surface area contributed by atoms with Crippen LogP contribution in [0.4, 0.5) is 0 Å². The van der Waals surface area contributed by atoms with Crippen LogP contribution in [-0.4, -0.2) is 58.4 Å². The molecule has 8 nitrogen and oxygen atoms in total. The Balaban J connectivity index is 2.75. The number of carboxylic acid groups (broad SMARTS) is 1. The highest BCUT2D eigenvalue weighted by Gasteiger charge is 2.21. The third-order valence-electron chi connectivity index (χ3n) is 1.99. The first-order valence-electron chi connectivity index (χ1n) is 4.77. The summed E-state index contributed by atoms with van der Waals surface area (Å²) < 4.78 is 4.77. The fraction of sp³-hybridized carbons (Fsp3) is 0.444. The van der Waals surface area contributed by atoms with Crippen LogP contribution < -0.4 is 5.32 Å². The standard InChI is InChI=1S/C9H13N3O5/c1-17-3-5(2-13)12-8(14)6-7(9(15)16)11-4-10-6/h4-5,13H,2-3H2,1H3,(H,10,11)(H,12,14)(H,15,16). The molecule has 1 aromatic heterocycles. The van der Waals surface area contributed by atoms with E-state index in [1.807, 2.05) is 0 Å². The summed E-state index contributed by atoms with van der Waals surface area (Å²) in [6.07, 6.45) is 1.11. The van der Waals surface area contributed by atoms with E-state index in [0.717, 1.165) is 6.33 Å². The molecule has 0 bridgehead atoms. The van der Waals surface area contributed by atoms with E-state index in [0.29, 0.717) is 0 Å². The fourth-order valence-electron chi connectivity index (χ4n) is 1.22. The topological polar surface area (TPSA) is 125 Å². The molecular formula is C9H13N3O5. The van der Waals surface area contributed by atoms with Gasteiger partial charge in [-0.15, -0.1) is 0 Å². The number of aliphatic hydroxyl groups is 1. The molecular weight excluding hydrogens is 230 g/mol. The first kappa shape index (κ1) is 13.1. The van der Waals surface area contributed by atoms with Crippen LogP contribution in [0, 0.1) is 0 Å². The summed E-state index contributed by atoms with van der Waals surface area (Å²) >= 11 is 0. The molecule has 0 aliphatic heterocycles. The van der Waals surface area contributed by atoms with Gasteiger partial charge in [-0.3, -0.25) is 4.79 Å². The van der Waals surface area contributed by atoms with Crippen LogP contribution in [0.3, 0.4) is 0 Å². The Morgan fingerprint density at radius 2 is 2.35 bits per heavy atom. The molecule has 4 N–H and O–H groups in total. The number of carbonyl (C=O) groups excluding carboxylic acids is 1. The zero-order valence-electron chi connectivity index (χ0n) is 9.14. The molecule has 0 aliphatic rings. The van der Waals surface area contributed by atoms with E-state index in [4.69, 9.17) is 14.9 Å². The molecule has 94 valence electrons. The average molecular weight is 243 g/mol. The zero-order chi connectivity index (χ0) is 12.8. The van der Waals surface area contributed by atoms with Gasteiger partial charge in [0.15, 0.2) is 11.4 Å². The minimum absolute atomic E-state index is 0.120. The van der Waals surface area contributed by atoms with Gasteiger partial charge in [0.1, 0.15) is 0 Å². The third kappa shape index (κ3) is 3.26. The summed E-state index contributed by atoms with van der Waals surface area (Å²) in [6, 6.07) is -0.606. The lowest BCUT2D eigenvalue weighted by molar-refractivity contribution is 0.0682. The largest absolute Gasteiger partial charge is 0.477 e. The number of nitrogens with one attached hydrogen (secondary N) is 2. The number of methoxy groups -OCH3 is 1. The lowest BCUT2D eigenvalue weighted by atomic mass is 10.2. The van der Waals surface area contributed by atoms with E-state index in [1.54, 1.807) is 0 Å². The predicted molar refractivity (Wildman–Crippen MR) is 55.8 cm³/mol. The summed E-state index contributed by atoms with van der Waals surface area (Å²) in [5.74, 6) is -1.96. The number of hydrogen-bond donors (Lipinski definition) is 4. The Hall–Kier alpha value is -1.93. The molecule has 0 saturated heterocycles. The number of nitrogens with zero attached hydrogens (tertiary/aromatic N) is 1. The SMILES string of the molecule is COCC(CO)NC(=O)c1nc[nH]c1C(=O)O. The van der Waals surface area contributed by atoms with Gasteiger partial charge in [-0.05, 0) is 0 Å². The number of carboxylic acids is 1. The smallest absolute Gasteiger partial charge is 0.354 e. The molecule has 8 heteroatoms. The van der Waals surface area contributed by atoms with Crippen molar-refractivity contribution in [1.82, 2.24) is 15.3 Å². The Morgan fingerprint density at radius 1 is 1.65 bits per heavy atom. The maximum Gasteiger partial charge on any atom is 0.354 e. The van der Waals surface area contributed by atoms with Crippen LogP contribution in [0.1, 0.15) is 21.0 Å². The van der Waals surface area contributed by atoms with Crippen molar-refractivity contribution >= 4 is 11.9 Å². The molecule has 0 fully saturated rings. The summed E-state index contributed by atoms with van der Waals surface area (Å²) in [7, 11) is 1.42. The number of rotatable bonds is 6. The molecule has 1 amide bonds. The van der Waals surface area contributed by atoms with Gasteiger partial charge in [-0.2, -0.15) is 0 Å². The van der Waals surface area contributed by atoms with E-state index in [-0.39, 0.29) is 24.6 Å². The second kappa shape index (κ2) is 5.97. The van der Waals surface area contributed by atoms with Crippen molar-refractivity contribution in [1.29, 1.82) is 0 Å². The molecule has 1 atom stereocenters. The molecule has 0 radical (unpaired) electrons. The number of aromatic carboxylic acids is 1. The van der Waals surface area contributed by atoms with Crippen molar-refractivity contribution in [2.75, 3.05) is 20.3 Å². The van der Waals surface area contributed by atoms with Gasteiger partial charge >= 0.3 is 5.97 Å². The Morgan fingerprint density at radius 3 is 2.88 bits per heavy atom. The minimum atomic E-state index is -1.28. The highest BCUT2D eigenvalue weighted by Crippen LogP contribution is 2.03. The van der Waals surface area contributed by atoms with Crippen LogP contribution in [-0.2, 0) is 4.74 Å². The van der Waals surface area contributed by atoms with Gasteiger partial charge in [0.05, 0.1) is 25.6 Å². The summed E-state index contributed by atoms with van der Waals surface area (Å²) in [4.78, 5) is 28.4. The lowest BCUT2D eigenvalue weighted by Gasteiger charge is -2.14. The van der Waals surface area contributed by atoms with Crippen molar-refractivity contribution in [3.63, 3.8) is 0 Å². The zero-order valence-corrected chi connectivity index (χ0v) is 9.14. The van der Waals surface area contributed by atoms with Crippen LogP contribution in [0.15, 0.2) is 6.33 Å². The maximum atomic E-state index is 11.7. The van der Waals surface area contributed by atoms with E-state index < -0.39 is 17.9 Å². The average Bonchev–Trinajstić information content (AvgIpc) is 2.77. The summed E-state index contributed by atoms with van der Waals surface area (Å²) in [5, 5.41) is 20.1. The Kier molecular flexibility index (Phi) is 4.61. The number of aromatic nitrogens is 2. The molecule has 0 saturated carbocycles. The van der Waals surface area contributed by atoms with Crippen molar-refractivity contribution < 1.29 is 24.5 Å². The predicted octanol–water partition coefficient (Wildman–Crippen LogP) is -1.15. The van der Waals surface area contributed by atoms with Crippen molar-refractivity contribution in [3.05, 3.63) is 17.7 Å². The van der Waals surface area contributed by atoms with E-state index in [9.17, 15) is 9.59 Å². The quantitative estimate of drug-likeness (QED) is 0.499. The van der Waals surface area contributed by atoms with Crippen molar-refractivity contribution in [2.24, 2.45) is 0 Å². The van der Waals surface area contributed by atoms with E-state index in [1.165, 1.54) is 7.11 Å². The number of aromatic amines is 1. The van der Waals surface area contributed by atoms with Gasteiger partial charge in [0.2, 0.25) is 0 Å². The van der Waals surface area contributed by atoms with Crippen molar-refractivity contribution in [3.8, 4) is 0 Å². The number of ether oxygens (including phenoxy) is 1. The molecule has 0 aliphatic carbocycles. The second-order valence-corrected chi connectivity index (χ2v) is 3.24. The van der Waals surface area contributed by atoms with Gasteiger partial charge in [-0.1, -0.05) is 0 Å². The first-order valence-corrected chi connectivity index (χ1v) is 4.77. The molecule has 0 aromatic carbocycles. The summed E-state index contributed by atoms with van der Waals surface area (Å²) in [6.45, 7) is -0.193. The monoisotopic (exact) mass is 243 g/mol. The molecule has 1 unspecified atom stereocenters. The Bertz CT molecular complexity index is 403. The normalized spacial score (nSPS) is 12.1. The number of amides is 1. The van der Waals surface area contributed by atoms with Crippen molar-refractivity contribution in [2.45, 2.75) is 6.04 Å². The van der Waals surface area contributed by atoms with Crippen LogP contribution in [0.2, 0.25) is 0 Å². The number of hydrogen-bond acceptors (Lipinski definition) is 5. The first-order chi connectivity index (χ1) is 8.10. The molecule has 1 heterocycles. The Labute approximate surface area is 96.6 Å². The minimum Gasteiger partial charge on any atom is -0.477 e. The van der Waals surface area contributed by atoms with Gasteiger partial charge in [0, 0.05) is 7.11 Å². The molecule has 1 rings (SSSR count). The lowest BCUT2D eigenvalue weighted by Crippen LogP contribution is -2.41. The van der Waals surface area contributed by atoms with Crippen LogP contribution in [0.5, 0.6) is 0 Å². The second-order valence-electron chi connectivity index (χ2n) is 3.24. The fourth-order valence-corrected chi connectivity index (χ4v) is 1.22. The van der Waals surface area contributed by atoms with Gasteiger partial charge in [-0.25, -0.2) is 9.78 Å². The number of imidazole rings is 1. The maximum absolute atomic E-state index is 11.7. The number of aliphatic hydroxyl groups excluding tert-OH is 1. The molecule has 0 spiro atoms. The van der Waals surface area contributed by atoms with E-state index in [2.05, 4.69) is 15.3 Å². The molecule has 17 heavy (non-hydrogen) atoms. The van der Waals surface area contributed by atoms with Crippen LogP contribution >= 0.6 is 0 Å². The number of H-pyrrole nitrogens is 1. The number of carbonyl (C=O) groups is 2. The molecule has 1 aromatic rings. The highest BCUT2D eigenvalue weighted by atomic mass is 16.5. The van der Waals surface area contributed by atoms with Gasteiger partial charge in [0.25, 0.3) is 5.91 Å². The van der Waals surface area contributed by atoms with E-state index >= 15 is 0 Å².